The highest BCUT2D eigenvalue weighted by molar-refractivity contribution is 7.90. The Hall–Kier alpha value is -2.45. The molecular formula is C20H20ClFN2O4S. The van der Waals surface area contributed by atoms with Crippen LogP contribution in [0, 0.1) is 5.82 Å². The Balaban J connectivity index is 1.73. The summed E-state index contributed by atoms with van der Waals surface area (Å²) < 4.78 is 37.9. The maximum absolute atomic E-state index is 14.4. The number of piperazine rings is 1. The number of hydrogen-bond donors (Lipinski definition) is 0. The van der Waals surface area contributed by atoms with Crippen LogP contribution in [0.25, 0.3) is 0 Å². The second-order valence-electron chi connectivity index (χ2n) is 6.85. The van der Waals surface area contributed by atoms with E-state index in [0.29, 0.717) is 37.4 Å². The highest BCUT2D eigenvalue weighted by Gasteiger charge is 2.26. The van der Waals surface area contributed by atoms with E-state index in [4.69, 9.17) is 11.6 Å². The molecule has 29 heavy (non-hydrogen) atoms. The molecule has 0 atom stereocenters. The van der Waals surface area contributed by atoms with Gasteiger partial charge < -0.3 is 14.6 Å². The number of benzene rings is 2. The number of carbonyl (C=O) groups is 2. The molecule has 0 bridgehead atoms. The molecule has 0 saturated carbocycles. The van der Waals surface area contributed by atoms with Gasteiger partial charge >= 0.3 is 0 Å². The van der Waals surface area contributed by atoms with Crippen LogP contribution in [-0.2, 0) is 21.1 Å². The van der Waals surface area contributed by atoms with E-state index in [2.05, 4.69) is 0 Å². The number of sulfone groups is 1. The van der Waals surface area contributed by atoms with Crippen LogP contribution in [0.1, 0.15) is 15.9 Å². The molecule has 0 N–H and O–H groups in total. The average molecular weight is 439 g/mol. The summed E-state index contributed by atoms with van der Waals surface area (Å²) in [5.74, 6) is -0.769. The summed E-state index contributed by atoms with van der Waals surface area (Å²) in [6.07, 6.45) is 1.95. The second-order valence-corrected chi connectivity index (χ2v) is 9.27. The molecule has 0 aliphatic carbocycles. The molecule has 0 aromatic heterocycles. The molecular weight excluding hydrogens is 419 g/mol. The average Bonchev–Trinajstić information content (AvgIpc) is 2.67. The number of hydrogen-bond acceptors (Lipinski definition) is 5. The zero-order valence-corrected chi connectivity index (χ0v) is 17.3. The predicted octanol–water partition coefficient (Wildman–Crippen LogP) is 2.59. The summed E-state index contributed by atoms with van der Waals surface area (Å²) in [6, 6.07) is 8.75. The Kier molecular flexibility index (Phi) is 6.24. The Bertz CT molecular complexity index is 1050. The third-order valence-corrected chi connectivity index (χ3v) is 6.27. The SMILES string of the molecule is CS(=O)(=O)c1ccc(Cl)c(C(=O)N2CCN(c3ccc(CC=O)cc3F)CC2)c1. The fraction of sp³-hybridized carbons (Fsp3) is 0.300. The van der Waals surface area contributed by atoms with Crippen LogP contribution in [0.15, 0.2) is 41.3 Å². The van der Waals surface area contributed by atoms with Gasteiger partial charge in [0.2, 0.25) is 0 Å². The van der Waals surface area contributed by atoms with E-state index in [9.17, 15) is 22.4 Å². The van der Waals surface area contributed by atoms with Crippen molar-refractivity contribution in [3.8, 4) is 0 Å². The van der Waals surface area contributed by atoms with Crippen LogP contribution < -0.4 is 4.90 Å². The zero-order chi connectivity index (χ0) is 21.2. The molecule has 3 rings (SSSR count). The molecule has 1 fully saturated rings. The lowest BCUT2D eigenvalue weighted by Gasteiger charge is -2.36. The fourth-order valence-corrected chi connectivity index (χ4v) is 4.10. The van der Waals surface area contributed by atoms with Gasteiger partial charge in [-0.2, -0.15) is 0 Å². The lowest BCUT2D eigenvalue weighted by Crippen LogP contribution is -2.49. The van der Waals surface area contributed by atoms with Crippen LogP contribution in [0.2, 0.25) is 5.02 Å². The third-order valence-electron chi connectivity index (χ3n) is 4.84. The van der Waals surface area contributed by atoms with Gasteiger partial charge in [0.15, 0.2) is 9.84 Å². The molecule has 0 spiro atoms. The van der Waals surface area contributed by atoms with Crippen molar-refractivity contribution in [3.05, 3.63) is 58.4 Å². The number of rotatable bonds is 5. The molecule has 1 aliphatic rings. The first kappa shape index (κ1) is 21.3. The van der Waals surface area contributed by atoms with Crippen molar-refractivity contribution < 1.29 is 22.4 Å². The summed E-state index contributed by atoms with van der Waals surface area (Å²) >= 11 is 6.12. The second kappa shape index (κ2) is 8.51. The summed E-state index contributed by atoms with van der Waals surface area (Å²) in [5, 5.41) is 0.182. The summed E-state index contributed by atoms with van der Waals surface area (Å²) in [7, 11) is -3.46. The number of nitrogens with zero attached hydrogens (tertiary/aromatic N) is 2. The number of halogens is 2. The fourth-order valence-electron chi connectivity index (χ4n) is 3.25. The minimum atomic E-state index is -3.46. The van der Waals surface area contributed by atoms with Crippen LogP contribution in [0.5, 0.6) is 0 Å². The van der Waals surface area contributed by atoms with Gasteiger partial charge in [0.05, 0.1) is 21.2 Å². The van der Waals surface area contributed by atoms with Gasteiger partial charge in [-0.05, 0) is 35.9 Å². The Morgan fingerprint density at radius 3 is 2.41 bits per heavy atom. The van der Waals surface area contributed by atoms with E-state index >= 15 is 0 Å². The van der Waals surface area contributed by atoms with Crippen molar-refractivity contribution in [1.29, 1.82) is 0 Å². The number of anilines is 1. The smallest absolute Gasteiger partial charge is 0.255 e. The molecule has 9 heteroatoms. The van der Waals surface area contributed by atoms with Gasteiger partial charge in [-0.15, -0.1) is 0 Å². The maximum atomic E-state index is 14.4. The topological polar surface area (TPSA) is 74.8 Å². The highest BCUT2D eigenvalue weighted by Crippen LogP contribution is 2.25. The molecule has 2 aromatic carbocycles. The van der Waals surface area contributed by atoms with Gasteiger partial charge in [-0.3, -0.25) is 4.79 Å². The standard InChI is InChI=1S/C20H20ClFN2O4S/c1-29(27,28)15-3-4-17(21)16(13-15)20(26)24-9-7-23(8-10-24)19-5-2-14(6-11-25)12-18(19)22/h2-5,11-13H,6-10H2,1H3. The summed E-state index contributed by atoms with van der Waals surface area (Å²) in [6.45, 7) is 1.51. The van der Waals surface area contributed by atoms with Crippen molar-refractivity contribution in [3.63, 3.8) is 0 Å². The van der Waals surface area contributed by atoms with Gasteiger partial charge in [0, 0.05) is 38.9 Å². The summed E-state index contributed by atoms with van der Waals surface area (Å²) in [4.78, 5) is 26.9. The van der Waals surface area contributed by atoms with E-state index in [1.165, 1.54) is 24.3 Å². The third kappa shape index (κ3) is 4.76. The number of carbonyl (C=O) groups excluding carboxylic acids is 2. The Labute approximate surface area is 173 Å². The van der Waals surface area contributed by atoms with Crippen molar-refractivity contribution in [1.82, 2.24) is 4.90 Å². The zero-order valence-electron chi connectivity index (χ0n) is 15.8. The maximum Gasteiger partial charge on any atom is 0.255 e. The van der Waals surface area contributed by atoms with E-state index in [-0.39, 0.29) is 27.8 Å². The predicted molar refractivity (Wildman–Crippen MR) is 109 cm³/mol. The van der Waals surface area contributed by atoms with E-state index in [0.717, 1.165) is 12.5 Å². The van der Waals surface area contributed by atoms with Crippen molar-refractivity contribution in [2.24, 2.45) is 0 Å². The molecule has 1 amide bonds. The molecule has 0 unspecified atom stereocenters. The van der Waals surface area contributed by atoms with Crippen molar-refractivity contribution >= 4 is 39.3 Å². The minimum absolute atomic E-state index is 0.0290. The molecule has 1 aliphatic heterocycles. The lowest BCUT2D eigenvalue weighted by molar-refractivity contribution is -0.107. The first-order valence-corrected chi connectivity index (χ1v) is 11.2. The first-order valence-electron chi connectivity index (χ1n) is 8.96. The molecule has 154 valence electrons. The largest absolute Gasteiger partial charge is 0.366 e. The monoisotopic (exact) mass is 438 g/mol. The van der Waals surface area contributed by atoms with Crippen LogP contribution in [-0.4, -0.2) is 57.9 Å². The quantitative estimate of drug-likeness (QED) is 0.671. The Morgan fingerprint density at radius 1 is 1.14 bits per heavy atom. The van der Waals surface area contributed by atoms with E-state index in [1.54, 1.807) is 17.0 Å². The van der Waals surface area contributed by atoms with Crippen LogP contribution in [0.4, 0.5) is 10.1 Å². The lowest BCUT2D eigenvalue weighted by atomic mass is 10.1. The number of aldehydes is 1. The normalized spacial score (nSPS) is 14.7. The van der Waals surface area contributed by atoms with Gasteiger partial charge in [0.25, 0.3) is 5.91 Å². The van der Waals surface area contributed by atoms with Crippen molar-refractivity contribution in [2.45, 2.75) is 11.3 Å². The van der Waals surface area contributed by atoms with Crippen LogP contribution >= 0.6 is 11.6 Å². The molecule has 2 aromatic rings. The Morgan fingerprint density at radius 2 is 1.83 bits per heavy atom. The summed E-state index contributed by atoms with van der Waals surface area (Å²) in [5.41, 5.74) is 1.16. The molecule has 1 saturated heterocycles. The van der Waals surface area contributed by atoms with Crippen molar-refractivity contribution in [2.75, 3.05) is 37.3 Å². The van der Waals surface area contributed by atoms with Crippen LogP contribution in [0.3, 0.4) is 0 Å². The van der Waals surface area contributed by atoms with Gasteiger partial charge in [-0.25, -0.2) is 12.8 Å². The van der Waals surface area contributed by atoms with Gasteiger partial charge in [-0.1, -0.05) is 17.7 Å². The highest BCUT2D eigenvalue weighted by atomic mass is 35.5. The molecule has 6 nitrogen and oxygen atoms in total. The van der Waals surface area contributed by atoms with Gasteiger partial charge in [0.1, 0.15) is 12.1 Å². The molecule has 1 heterocycles. The first-order chi connectivity index (χ1) is 13.7. The number of amides is 1. The van der Waals surface area contributed by atoms with E-state index in [1.807, 2.05) is 4.90 Å². The van der Waals surface area contributed by atoms with E-state index < -0.39 is 15.7 Å². The minimum Gasteiger partial charge on any atom is -0.366 e. The molecule has 0 radical (unpaired) electrons.